The predicted octanol–water partition coefficient (Wildman–Crippen LogP) is 2.20. The number of piperazine rings is 1. The van der Waals surface area contributed by atoms with Crippen molar-refractivity contribution < 1.29 is 18.0 Å². The fourth-order valence-corrected chi connectivity index (χ4v) is 3.35. The molecule has 0 unspecified atom stereocenters. The zero-order chi connectivity index (χ0) is 16.2. The molecule has 0 radical (unpaired) electrons. The SMILES string of the molecule is O=C(CN1CCN(Cc2ccc(Cl)s2)CC1)NCC(F)(F)F. The van der Waals surface area contributed by atoms with Crippen molar-refractivity contribution in [3.05, 3.63) is 21.3 Å². The summed E-state index contributed by atoms with van der Waals surface area (Å²) in [5.74, 6) is -0.587. The van der Waals surface area contributed by atoms with Gasteiger partial charge in [-0.15, -0.1) is 11.3 Å². The van der Waals surface area contributed by atoms with Gasteiger partial charge in [0.15, 0.2) is 0 Å². The Balaban J connectivity index is 1.67. The first kappa shape index (κ1) is 17.5. The van der Waals surface area contributed by atoms with Crippen molar-refractivity contribution in [3.8, 4) is 0 Å². The molecule has 0 saturated carbocycles. The summed E-state index contributed by atoms with van der Waals surface area (Å²) in [4.78, 5) is 16.7. The molecule has 2 rings (SSSR count). The number of carbonyl (C=O) groups excluding carboxylic acids is 1. The van der Waals surface area contributed by atoms with Gasteiger partial charge in [0, 0.05) is 37.6 Å². The summed E-state index contributed by atoms with van der Waals surface area (Å²) in [7, 11) is 0. The lowest BCUT2D eigenvalue weighted by Crippen LogP contribution is -2.49. The standard InChI is InChI=1S/C13H17ClF3N3OS/c14-11-2-1-10(22-11)7-19-3-5-20(6-4-19)8-12(21)18-9-13(15,16)17/h1-2H,3-9H2,(H,18,21). The average molecular weight is 356 g/mol. The van der Waals surface area contributed by atoms with E-state index in [1.54, 1.807) is 11.3 Å². The van der Waals surface area contributed by atoms with E-state index >= 15 is 0 Å². The maximum Gasteiger partial charge on any atom is 0.405 e. The Kier molecular flexibility index (Phi) is 6.08. The molecule has 0 aromatic carbocycles. The Morgan fingerprint density at radius 1 is 1.23 bits per heavy atom. The van der Waals surface area contributed by atoms with E-state index in [1.165, 1.54) is 4.88 Å². The number of hydrogen-bond donors (Lipinski definition) is 1. The number of rotatable bonds is 5. The van der Waals surface area contributed by atoms with Gasteiger partial charge in [0.05, 0.1) is 10.9 Å². The summed E-state index contributed by atoms with van der Waals surface area (Å²) in [5.41, 5.74) is 0. The second-order valence-corrected chi connectivity index (χ2v) is 6.95. The van der Waals surface area contributed by atoms with Crippen LogP contribution in [-0.2, 0) is 11.3 Å². The lowest BCUT2D eigenvalue weighted by atomic mass is 10.3. The summed E-state index contributed by atoms with van der Waals surface area (Å²) in [6.07, 6.45) is -4.36. The number of thiophene rings is 1. The van der Waals surface area contributed by atoms with E-state index in [4.69, 9.17) is 11.6 Å². The van der Waals surface area contributed by atoms with Crippen LogP contribution in [-0.4, -0.2) is 61.2 Å². The van der Waals surface area contributed by atoms with Crippen LogP contribution in [0.4, 0.5) is 13.2 Å². The lowest BCUT2D eigenvalue weighted by molar-refractivity contribution is -0.139. The molecular formula is C13H17ClF3N3OS. The first-order chi connectivity index (χ1) is 10.3. The van der Waals surface area contributed by atoms with Gasteiger partial charge in [-0.25, -0.2) is 0 Å². The van der Waals surface area contributed by atoms with Gasteiger partial charge in [0.2, 0.25) is 5.91 Å². The highest BCUT2D eigenvalue weighted by molar-refractivity contribution is 7.16. The third-order valence-electron chi connectivity index (χ3n) is 3.33. The summed E-state index contributed by atoms with van der Waals surface area (Å²) in [6, 6.07) is 3.85. The topological polar surface area (TPSA) is 35.6 Å². The normalized spacial score (nSPS) is 17.6. The maximum absolute atomic E-state index is 12.0. The molecule has 0 atom stereocenters. The molecule has 2 heterocycles. The van der Waals surface area contributed by atoms with Crippen LogP contribution in [0.2, 0.25) is 4.34 Å². The lowest BCUT2D eigenvalue weighted by Gasteiger charge is -2.34. The molecule has 4 nitrogen and oxygen atoms in total. The highest BCUT2D eigenvalue weighted by Gasteiger charge is 2.28. The minimum atomic E-state index is -4.36. The summed E-state index contributed by atoms with van der Waals surface area (Å²) in [5, 5.41) is 1.89. The number of alkyl halides is 3. The van der Waals surface area contributed by atoms with Gasteiger partial charge in [-0.2, -0.15) is 13.2 Å². The molecule has 9 heteroatoms. The molecule has 0 bridgehead atoms. The van der Waals surface area contributed by atoms with Crippen molar-refractivity contribution in [1.29, 1.82) is 0 Å². The Bertz CT molecular complexity index is 501. The molecule has 22 heavy (non-hydrogen) atoms. The number of hydrogen-bond acceptors (Lipinski definition) is 4. The van der Waals surface area contributed by atoms with E-state index in [0.717, 1.165) is 24.0 Å². The van der Waals surface area contributed by atoms with Crippen LogP contribution in [0.5, 0.6) is 0 Å². The van der Waals surface area contributed by atoms with Crippen LogP contribution in [0.1, 0.15) is 4.88 Å². The van der Waals surface area contributed by atoms with Gasteiger partial charge in [-0.1, -0.05) is 11.6 Å². The van der Waals surface area contributed by atoms with Gasteiger partial charge < -0.3 is 5.32 Å². The maximum atomic E-state index is 12.0. The third kappa shape index (κ3) is 6.12. The van der Waals surface area contributed by atoms with Crippen LogP contribution in [0, 0.1) is 0 Å². The minimum Gasteiger partial charge on any atom is -0.346 e. The van der Waals surface area contributed by atoms with Crippen LogP contribution in [0.15, 0.2) is 12.1 Å². The number of nitrogens with zero attached hydrogens (tertiary/aromatic N) is 2. The zero-order valence-corrected chi connectivity index (χ0v) is 13.4. The van der Waals surface area contributed by atoms with E-state index < -0.39 is 18.6 Å². The van der Waals surface area contributed by atoms with Crippen molar-refractivity contribution in [2.24, 2.45) is 0 Å². The van der Waals surface area contributed by atoms with Crippen molar-refractivity contribution in [1.82, 2.24) is 15.1 Å². The minimum absolute atomic E-state index is 0.00868. The second-order valence-electron chi connectivity index (χ2n) is 5.15. The fourth-order valence-electron chi connectivity index (χ4n) is 2.22. The van der Waals surface area contributed by atoms with Gasteiger partial charge in [0.25, 0.3) is 0 Å². The Morgan fingerprint density at radius 3 is 2.41 bits per heavy atom. The molecule has 124 valence electrons. The van der Waals surface area contributed by atoms with Crippen LogP contribution in [0.3, 0.4) is 0 Å². The monoisotopic (exact) mass is 355 g/mol. The quantitative estimate of drug-likeness (QED) is 0.879. The smallest absolute Gasteiger partial charge is 0.346 e. The molecule has 1 aromatic rings. The summed E-state index contributed by atoms with van der Waals surface area (Å²) < 4.78 is 36.8. The Labute approximate surface area is 135 Å². The molecule has 0 spiro atoms. The van der Waals surface area contributed by atoms with Crippen molar-refractivity contribution in [2.75, 3.05) is 39.3 Å². The summed E-state index contributed by atoms with van der Waals surface area (Å²) in [6.45, 7) is 2.44. The molecule has 1 aromatic heterocycles. The first-order valence-corrected chi connectivity index (χ1v) is 8.04. The van der Waals surface area contributed by atoms with Crippen molar-refractivity contribution in [2.45, 2.75) is 12.7 Å². The van der Waals surface area contributed by atoms with E-state index in [-0.39, 0.29) is 6.54 Å². The van der Waals surface area contributed by atoms with Crippen molar-refractivity contribution in [3.63, 3.8) is 0 Å². The highest BCUT2D eigenvalue weighted by atomic mass is 35.5. The van der Waals surface area contributed by atoms with E-state index in [0.29, 0.717) is 13.1 Å². The van der Waals surface area contributed by atoms with Crippen LogP contribution >= 0.6 is 22.9 Å². The fraction of sp³-hybridized carbons (Fsp3) is 0.615. The number of halogens is 4. The summed E-state index contributed by atoms with van der Waals surface area (Å²) >= 11 is 7.43. The number of amides is 1. The van der Waals surface area contributed by atoms with Crippen LogP contribution < -0.4 is 5.32 Å². The molecule has 1 aliphatic heterocycles. The predicted molar refractivity (Wildman–Crippen MR) is 80.1 cm³/mol. The first-order valence-electron chi connectivity index (χ1n) is 6.84. The Morgan fingerprint density at radius 2 is 1.86 bits per heavy atom. The zero-order valence-electron chi connectivity index (χ0n) is 11.8. The molecule has 1 aliphatic rings. The number of carbonyl (C=O) groups is 1. The van der Waals surface area contributed by atoms with E-state index in [9.17, 15) is 18.0 Å². The van der Waals surface area contributed by atoms with Gasteiger partial charge in [-0.3, -0.25) is 14.6 Å². The Hall–Kier alpha value is -0.830. The number of nitrogens with one attached hydrogen (secondary N) is 1. The van der Waals surface area contributed by atoms with Gasteiger partial charge in [-0.05, 0) is 12.1 Å². The van der Waals surface area contributed by atoms with E-state index in [1.807, 2.05) is 22.3 Å². The van der Waals surface area contributed by atoms with E-state index in [2.05, 4.69) is 4.90 Å². The highest BCUT2D eigenvalue weighted by Crippen LogP contribution is 2.23. The largest absolute Gasteiger partial charge is 0.405 e. The molecule has 1 saturated heterocycles. The second kappa shape index (κ2) is 7.63. The van der Waals surface area contributed by atoms with Gasteiger partial charge >= 0.3 is 6.18 Å². The molecule has 1 fully saturated rings. The molecule has 0 aliphatic carbocycles. The molecule has 1 amide bonds. The molecule has 1 N–H and O–H groups in total. The average Bonchev–Trinajstić information content (AvgIpc) is 2.83. The third-order valence-corrected chi connectivity index (χ3v) is 4.54. The van der Waals surface area contributed by atoms with Crippen LogP contribution in [0.25, 0.3) is 0 Å². The van der Waals surface area contributed by atoms with Crippen molar-refractivity contribution >= 4 is 28.8 Å². The van der Waals surface area contributed by atoms with Gasteiger partial charge in [0.1, 0.15) is 6.54 Å². The molecular weight excluding hydrogens is 339 g/mol.